The summed E-state index contributed by atoms with van der Waals surface area (Å²) in [6.07, 6.45) is 5.96. The van der Waals surface area contributed by atoms with Crippen molar-refractivity contribution in [1.82, 2.24) is 4.90 Å². The van der Waals surface area contributed by atoms with E-state index in [9.17, 15) is 9.59 Å². The topological polar surface area (TPSA) is 55.8 Å². The lowest BCUT2D eigenvalue weighted by molar-refractivity contribution is -0.144. The van der Waals surface area contributed by atoms with Crippen molar-refractivity contribution >= 4 is 24.7 Å². The zero-order valence-electron chi connectivity index (χ0n) is 12.7. The zero-order chi connectivity index (χ0) is 15.3. The van der Waals surface area contributed by atoms with Gasteiger partial charge < -0.3 is 14.4 Å². The van der Waals surface area contributed by atoms with Crippen molar-refractivity contribution in [3.8, 4) is 0 Å². The molecule has 1 atom stereocenters. The Hall–Kier alpha value is -0.910. The number of ether oxygens (including phenoxy) is 2. The highest BCUT2D eigenvalue weighted by atomic mass is 32.1. The van der Waals surface area contributed by atoms with E-state index >= 15 is 0 Å². The van der Waals surface area contributed by atoms with E-state index in [2.05, 4.69) is 12.6 Å². The number of esters is 1. The van der Waals surface area contributed by atoms with E-state index in [0.717, 1.165) is 38.5 Å². The molecule has 0 radical (unpaired) electrons. The summed E-state index contributed by atoms with van der Waals surface area (Å²) in [6, 6.07) is -0.0497. The van der Waals surface area contributed by atoms with Gasteiger partial charge in [0.2, 0.25) is 0 Å². The largest absolute Gasteiger partial charge is 0.463 e. The van der Waals surface area contributed by atoms with Crippen LogP contribution in [0.1, 0.15) is 51.9 Å². The Labute approximate surface area is 131 Å². The number of nitrogens with zero attached hydrogens (tertiary/aromatic N) is 1. The fourth-order valence-corrected chi connectivity index (χ4v) is 3.28. The second-order valence-electron chi connectivity index (χ2n) is 6.17. The highest BCUT2D eigenvalue weighted by Crippen LogP contribution is 2.34. The van der Waals surface area contributed by atoms with Crippen LogP contribution < -0.4 is 0 Å². The van der Waals surface area contributed by atoms with Crippen LogP contribution in [0.5, 0.6) is 0 Å². The molecule has 2 rings (SSSR count). The van der Waals surface area contributed by atoms with Crippen molar-refractivity contribution in [3.05, 3.63) is 0 Å². The summed E-state index contributed by atoms with van der Waals surface area (Å²) in [6.45, 7) is 2.96. The van der Waals surface area contributed by atoms with Crippen LogP contribution in [0.25, 0.3) is 0 Å². The van der Waals surface area contributed by atoms with Gasteiger partial charge in [0.05, 0.1) is 12.5 Å². The fourth-order valence-electron chi connectivity index (χ4n) is 3.10. The van der Waals surface area contributed by atoms with Crippen molar-refractivity contribution in [2.45, 2.75) is 63.5 Å². The van der Waals surface area contributed by atoms with E-state index in [-0.39, 0.29) is 30.3 Å². The minimum atomic E-state index is -0.313. The molecule has 0 N–H and O–H groups in total. The van der Waals surface area contributed by atoms with E-state index in [0.29, 0.717) is 18.7 Å². The van der Waals surface area contributed by atoms with Crippen LogP contribution in [-0.2, 0) is 14.3 Å². The van der Waals surface area contributed by atoms with Gasteiger partial charge in [0.15, 0.2) is 0 Å². The number of rotatable bonds is 5. The van der Waals surface area contributed by atoms with Crippen LogP contribution in [0.15, 0.2) is 0 Å². The number of likely N-dealkylation sites (tertiary alicyclic amines) is 1. The van der Waals surface area contributed by atoms with Crippen molar-refractivity contribution in [2.24, 2.45) is 0 Å². The average molecular weight is 315 g/mol. The summed E-state index contributed by atoms with van der Waals surface area (Å²) in [5.41, 5.74) is -0.313. The third-order valence-corrected chi connectivity index (χ3v) is 4.58. The molecule has 2 fully saturated rings. The van der Waals surface area contributed by atoms with Gasteiger partial charge in [-0.2, -0.15) is 12.6 Å². The summed E-state index contributed by atoms with van der Waals surface area (Å²) in [5.74, 6) is 0.223. The van der Waals surface area contributed by atoms with Gasteiger partial charge >= 0.3 is 12.1 Å². The molecule has 21 heavy (non-hydrogen) atoms. The molecule has 0 aromatic rings. The van der Waals surface area contributed by atoms with E-state index in [1.807, 2.05) is 6.92 Å². The Kier molecular flexibility index (Phi) is 5.79. The van der Waals surface area contributed by atoms with Gasteiger partial charge in [0.25, 0.3) is 0 Å². The molecule has 1 unspecified atom stereocenters. The summed E-state index contributed by atoms with van der Waals surface area (Å²) in [7, 11) is 0. The quantitative estimate of drug-likeness (QED) is 0.626. The highest BCUT2D eigenvalue weighted by Gasteiger charge is 2.37. The van der Waals surface area contributed by atoms with Crippen molar-refractivity contribution in [3.63, 3.8) is 0 Å². The van der Waals surface area contributed by atoms with Crippen molar-refractivity contribution in [1.29, 1.82) is 0 Å². The van der Waals surface area contributed by atoms with Crippen LogP contribution in [0.3, 0.4) is 0 Å². The number of hydrogen-bond acceptors (Lipinski definition) is 5. The Bertz CT molecular complexity index is 382. The Morgan fingerprint density at radius 1 is 1.29 bits per heavy atom. The molecule has 2 aliphatic rings. The Morgan fingerprint density at radius 3 is 2.67 bits per heavy atom. The van der Waals surface area contributed by atoms with E-state index < -0.39 is 0 Å². The minimum Gasteiger partial charge on any atom is -0.463 e. The number of carbonyl (C=O) groups is 2. The second-order valence-corrected chi connectivity index (χ2v) is 6.62. The van der Waals surface area contributed by atoms with Crippen LogP contribution in [-0.4, -0.2) is 47.5 Å². The molecular formula is C15H25NO4S. The molecule has 0 bridgehead atoms. The van der Waals surface area contributed by atoms with Gasteiger partial charge in [-0.25, -0.2) is 4.79 Å². The molecule has 0 aromatic carbocycles. The minimum absolute atomic E-state index is 0.0497. The van der Waals surface area contributed by atoms with Crippen LogP contribution in [0.4, 0.5) is 4.79 Å². The summed E-state index contributed by atoms with van der Waals surface area (Å²) >= 11 is 4.00. The second kappa shape index (κ2) is 7.38. The predicted octanol–water partition coefficient (Wildman–Crippen LogP) is 2.78. The van der Waals surface area contributed by atoms with E-state index in [1.54, 1.807) is 4.90 Å². The highest BCUT2D eigenvalue weighted by molar-refractivity contribution is 7.80. The lowest BCUT2D eigenvalue weighted by atomic mass is 10.1. The maximum atomic E-state index is 12.3. The molecule has 1 saturated heterocycles. The Morgan fingerprint density at radius 2 is 2.00 bits per heavy atom. The molecule has 120 valence electrons. The van der Waals surface area contributed by atoms with Crippen molar-refractivity contribution in [2.75, 3.05) is 18.9 Å². The molecule has 1 heterocycles. The molecule has 1 saturated carbocycles. The number of hydrogen-bond donors (Lipinski definition) is 1. The summed E-state index contributed by atoms with van der Waals surface area (Å²) < 4.78 is 10.9. The lowest BCUT2D eigenvalue weighted by Crippen LogP contribution is -2.42. The zero-order valence-corrected chi connectivity index (χ0v) is 13.6. The molecular weight excluding hydrogens is 290 g/mol. The molecule has 0 aromatic heterocycles. The number of carbonyl (C=O) groups excluding carboxylic acids is 2. The molecule has 1 amide bonds. The molecule has 1 aliphatic carbocycles. The van der Waals surface area contributed by atoms with Crippen LogP contribution in [0, 0.1) is 0 Å². The SMILES string of the molecule is CC1(OC(=O)N2CCCC2COC(=O)CCS)CCCC1. The standard InChI is InChI=1S/C15H25NO4S/c1-15(7-2-3-8-15)20-14(18)16-9-4-5-12(16)11-19-13(17)6-10-21/h12,21H,2-11H2,1H3. The predicted molar refractivity (Wildman–Crippen MR) is 82.5 cm³/mol. The number of amides is 1. The maximum Gasteiger partial charge on any atom is 0.410 e. The van der Waals surface area contributed by atoms with Crippen LogP contribution in [0.2, 0.25) is 0 Å². The van der Waals surface area contributed by atoms with Gasteiger partial charge in [-0.1, -0.05) is 0 Å². The molecule has 1 aliphatic heterocycles. The molecule has 0 spiro atoms. The normalized spacial score (nSPS) is 24.1. The monoisotopic (exact) mass is 315 g/mol. The van der Waals surface area contributed by atoms with Gasteiger partial charge in [-0.15, -0.1) is 0 Å². The van der Waals surface area contributed by atoms with Gasteiger partial charge in [0.1, 0.15) is 12.2 Å². The third-order valence-electron chi connectivity index (χ3n) is 4.36. The van der Waals surface area contributed by atoms with E-state index in [4.69, 9.17) is 9.47 Å². The van der Waals surface area contributed by atoms with E-state index in [1.165, 1.54) is 0 Å². The van der Waals surface area contributed by atoms with Gasteiger partial charge in [0, 0.05) is 12.3 Å². The molecule has 5 nitrogen and oxygen atoms in total. The summed E-state index contributed by atoms with van der Waals surface area (Å²) in [5, 5.41) is 0. The Balaban J connectivity index is 1.83. The van der Waals surface area contributed by atoms with Gasteiger partial charge in [-0.05, 0) is 45.4 Å². The average Bonchev–Trinajstić information content (AvgIpc) is 3.05. The first-order valence-corrected chi connectivity index (χ1v) is 8.43. The lowest BCUT2D eigenvalue weighted by Gasteiger charge is -2.30. The maximum absolute atomic E-state index is 12.3. The first-order chi connectivity index (χ1) is 10.0. The molecule has 6 heteroatoms. The third kappa shape index (κ3) is 4.53. The number of thiol groups is 1. The van der Waals surface area contributed by atoms with Gasteiger partial charge in [-0.3, -0.25) is 4.79 Å². The van der Waals surface area contributed by atoms with Crippen LogP contribution >= 0.6 is 12.6 Å². The first kappa shape index (κ1) is 16.5. The smallest absolute Gasteiger partial charge is 0.410 e. The van der Waals surface area contributed by atoms with Crippen molar-refractivity contribution < 1.29 is 19.1 Å². The summed E-state index contributed by atoms with van der Waals surface area (Å²) in [4.78, 5) is 25.5. The fraction of sp³-hybridized carbons (Fsp3) is 0.867. The first-order valence-electron chi connectivity index (χ1n) is 7.80.